The van der Waals surface area contributed by atoms with Crippen LogP contribution in [0, 0.1) is 0 Å². The van der Waals surface area contributed by atoms with Crippen molar-refractivity contribution in [3.05, 3.63) is 12.7 Å². The molecule has 11 nitrogen and oxygen atoms in total. The summed E-state index contributed by atoms with van der Waals surface area (Å²) in [4.78, 5) is 11.1. The first-order valence-electron chi connectivity index (χ1n) is 12.8. The molecule has 0 aromatic carbocycles. The first-order chi connectivity index (χ1) is 17.8. The van der Waals surface area contributed by atoms with Gasteiger partial charge < -0.3 is 47.4 Å². The third-order valence-electron chi connectivity index (χ3n) is 4.16. The van der Waals surface area contributed by atoms with Gasteiger partial charge in [0.25, 0.3) is 0 Å². The summed E-state index contributed by atoms with van der Waals surface area (Å²) in [5.41, 5.74) is 0. The molecule has 0 bridgehead atoms. The van der Waals surface area contributed by atoms with Crippen LogP contribution in [0.2, 0.25) is 0 Å². The molecule has 11 heteroatoms. The van der Waals surface area contributed by atoms with Gasteiger partial charge in [0, 0.05) is 6.42 Å². The highest BCUT2D eigenvalue weighted by atomic mass is 16.6. The van der Waals surface area contributed by atoms with E-state index in [9.17, 15) is 4.79 Å². The summed E-state index contributed by atoms with van der Waals surface area (Å²) < 4.78 is 53.4. The van der Waals surface area contributed by atoms with E-state index in [1.54, 1.807) is 6.08 Å². The summed E-state index contributed by atoms with van der Waals surface area (Å²) in [5, 5.41) is 0. The monoisotopic (exact) mass is 524 g/mol. The molecule has 0 aliphatic rings. The molecule has 0 fully saturated rings. The van der Waals surface area contributed by atoms with Crippen LogP contribution < -0.4 is 0 Å². The molecular weight excluding hydrogens is 476 g/mol. The van der Waals surface area contributed by atoms with Gasteiger partial charge in [-0.25, -0.2) is 0 Å². The normalized spacial score (nSPS) is 11.1. The van der Waals surface area contributed by atoms with Crippen LogP contribution >= 0.6 is 0 Å². The Morgan fingerprint density at radius 2 is 0.778 bits per heavy atom. The number of rotatable bonds is 31. The van der Waals surface area contributed by atoms with Crippen LogP contribution in [0.5, 0.6) is 0 Å². The molecule has 0 aromatic heterocycles. The van der Waals surface area contributed by atoms with Gasteiger partial charge >= 0.3 is 5.97 Å². The summed E-state index contributed by atoms with van der Waals surface area (Å²) in [5.74, 6) is -0.186. The van der Waals surface area contributed by atoms with Gasteiger partial charge in [0.2, 0.25) is 0 Å². The van der Waals surface area contributed by atoms with E-state index in [1.807, 2.05) is 6.92 Å². The smallest absolute Gasteiger partial charge is 0.305 e. The molecule has 0 rings (SSSR count). The maximum atomic E-state index is 11.1. The van der Waals surface area contributed by atoms with Crippen molar-refractivity contribution in [2.24, 2.45) is 0 Å². The number of carbonyl (C=O) groups is 1. The largest absolute Gasteiger partial charge is 0.463 e. The average molecular weight is 525 g/mol. The lowest BCUT2D eigenvalue weighted by molar-refractivity contribution is -0.145. The van der Waals surface area contributed by atoms with Gasteiger partial charge in [-0.05, 0) is 6.42 Å². The number of carbonyl (C=O) groups excluding carboxylic acids is 1. The molecule has 0 aliphatic carbocycles. The van der Waals surface area contributed by atoms with Crippen molar-refractivity contribution < 1.29 is 52.2 Å². The lowest BCUT2D eigenvalue weighted by Crippen LogP contribution is -2.15. The molecule has 0 aromatic rings. The van der Waals surface area contributed by atoms with E-state index in [0.29, 0.717) is 125 Å². The zero-order chi connectivity index (χ0) is 26.2. The third kappa shape index (κ3) is 30.9. The fraction of sp³-hybridized carbons (Fsp3) is 0.880. The van der Waals surface area contributed by atoms with Crippen molar-refractivity contribution in [2.75, 3.05) is 126 Å². The lowest BCUT2D eigenvalue weighted by Gasteiger charge is -2.09. The van der Waals surface area contributed by atoms with Gasteiger partial charge in [0.05, 0.1) is 119 Å². The van der Waals surface area contributed by atoms with Gasteiger partial charge in [-0.15, -0.1) is 6.58 Å². The molecule has 0 N–H and O–H groups in total. The molecular formula is C25H48O11. The van der Waals surface area contributed by atoms with Gasteiger partial charge in [-0.3, -0.25) is 4.79 Å². The summed E-state index contributed by atoms with van der Waals surface area (Å²) in [7, 11) is 0. The predicted octanol–water partition coefficient (Wildman–Crippen LogP) is 1.67. The highest BCUT2D eigenvalue weighted by Gasteiger charge is 2.00. The van der Waals surface area contributed by atoms with E-state index in [0.717, 1.165) is 6.42 Å². The number of hydrogen-bond donors (Lipinski definition) is 0. The van der Waals surface area contributed by atoms with Crippen LogP contribution in [-0.4, -0.2) is 132 Å². The number of ether oxygens (including phenoxy) is 10. The molecule has 214 valence electrons. The lowest BCUT2D eigenvalue weighted by atomic mass is 10.3. The summed E-state index contributed by atoms with van der Waals surface area (Å²) in [6.07, 6.45) is 2.94. The Hall–Kier alpha value is -1.15. The Bertz CT molecular complexity index is 452. The Balaban J connectivity index is 3.04. The molecule has 0 amide bonds. The summed E-state index contributed by atoms with van der Waals surface area (Å²) >= 11 is 0. The molecule has 0 heterocycles. The second-order valence-corrected chi connectivity index (χ2v) is 7.23. The van der Waals surface area contributed by atoms with E-state index in [2.05, 4.69) is 6.58 Å². The molecule has 0 radical (unpaired) electrons. The molecule has 36 heavy (non-hydrogen) atoms. The van der Waals surface area contributed by atoms with E-state index in [1.165, 1.54) is 0 Å². The number of hydrogen-bond acceptors (Lipinski definition) is 11. The standard InChI is InChI=1S/C25H48O11/c1-3-5-25(26)36-24-23-35-22-21-34-20-19-33-18-17-32-16-15-31-14-13-30-12-11-29-10-9-28-8-7-27-6-4-2/h4H,2-3,5-24H2,1H3. The maximum Gasteiger partial charge on any atom is 0.305 e. The Morgan fingerprint density at radius 1 is 0.500 bits per heavy atom. The average Bonchev–Trinajstić information content (AvgIpc) is 2.88. The second kappa shape index (κ2) is 31.9. The Morgan fingerprint density at radius 3 is 1.06 bits per heavy atom. The van der Waals surface area contributed by atoms with Gasteiger partial charge in [-0.2, -0.15) is 0 Å². The molecule has 0 unspecified atom stereocenters. The topological polar surface area (TPSA) is 109 Å². The van der Waals surface area contributed by atoms with Crippen LogP contribution in [0.25, 0.3) is 0 Å². The highest BCUT2D eigenvalue weighted by Crippen LogP contribution is 1.91. The molecule has 0 saturated heterocycles. The van der Waals surface area contributed by atoms with Crippen LogP contribution in [0.1, 0.15) is 19.8 Å². The van der Waals surface area contributed by atoms with Crippen molar-refractivity contribution in [3.8, 4) is 0 Å². The van der Waals surface area contributed by atoms with Crippen molar-refractivity contribution in [2.45, 2.75) is 19.8 Å². The summed E-state index contributed by atoms with van der Waals surface area (Å²) in [6.45, 7) is 14.9. The van der Waals surface area contributed by atoms with Crippen molar-refractivity contribution in [1.29, 1.82) is 0 Å². The molecule has 0 saturated carbocycles. The fourth-order valence-electron chi connectivity index (χ4n) is 2.42. The van der Waals surface area contributed by atoms with E-state index >= 15 is 0 Å². The first-order valence-corrected chi connectivity index (χ1v) is 12.8. The molecule has 0 aliphatic heterocycles. The van der Waals surface area contributed by atoms with Crippen molar-refractivity contribution in [3.63, 3.8) is 0 Å². The van der Waals surface area contributed by atoms with Gasteiger partial charge in [-0.1, -0.05) is 13.0 Å². The third-order valence-corrected chi connectivity index (χ3v) is 4.16. The molecule has 0 spiro atoms. The highest BCUT2D eigenvalue weighted by molar-refractivity contribution is 5.69. The van der Waals surface area contributed by atoms with Crippen LogP contribution in [0.15, 0.2) is 12.7 Å². The van der Waals surface area contributed by atoms with Crippen LogP contribution in [0.4, 0.5) is 0 Å². The van der Waals surface area contributed by atoms with Gasteiger partial charge in [0.15, 0.2) is 0 Å². The van der Waals surface area contributed by atoms with Crippen LogP contribution in [-0.2, 0) is 52.2 Å². The predicted molar refractivity (Wildman–Crippen MR) is 133 cm³/mol. The minimum absolute atomic E-state index is 0.186. The summed E-state index contributed by atoms with van der Waals surface area (Å²) in [6, 6.07) is 0. The number of esters is 1. The Labute approximate surface area is 216 Å². The Kier molecular flexibility index (Phi) is 30.9. The van der Waals surface area contributed by atoms with Gasteiger partial charge in [0.1, 0.15) is 6.61 Å². The fourth-order valence-corrected chi connectivity index (χ4v) is 2.42. The zero-order valence-electron chi connectivity index (χ0n) is 22.1. The maximum absolute atomic E-state index is 11.1. The molecule has 0 atom stereocenters. The van der Waals surface area contributed by atoms with E-state index in [-0.39, 0.29) is 12.6 Å². The SMILES string of the molecule is C=CCOCCOCCOCCOCCOCCOCCOCCOCCOCCOC(=O)CCC. The van der Waals surface area contributed by atoms with Crippen molar-refractivity contribution >= 4 is 5.97 Å². The second-order valence-electron chi connectivity index (χ2n) is 7.23. The quantitative estimate of drug-likeness (QED) is 0.0750. The van der Waals surface area contributed by atoms with E-state index < -0.39 is 0 Å². The van der Waals surface area contributed by atoms with Crippen LogP contribution in [0.3, 0.4) is 0 Å². The zero-order valence-corrected chi connectivity index (χ0v) is 22.1. The van der Waals surface area contributed by atoms with E-state index in [4.69, 9.17) is 47.4 Å². The minimum Gasteiger partial charge on any atom is -0.463 e. The van der Waals surface area contributed by atoms with Crippen molar-refractivity contribution in [1.82, 2.24) is 0 Å². The first kappa shape index (κ1) is 34.9. The minimum atomic E-state index is -0.186.